The number of thiol groups is 1. The van der Waals surface area contributed by atoms with Crippen molar-refractivity contribution in [1.82, 2.24) is 15.0 Å². The molecule has 0 saturated carbocycles. The molecule has 0 aromatic carbocycles. The van der Waals surface area contributed by atoms with E-state index in [0.29, 0.717) is 10.7 Å². The number of rotatable bonds is 2. The molecule has 92 valence electrons. The van der Waals surface area contributed by atoms with Crippen molar-refractivity contribution in [1.29, 1.82) is 0 Å². The number of nitrogens with zero attached hydrogens (tertiary/aromatic N) is 2. The van der Waals surface area contributed by atoms with E-state index in [-0.39, 0.29) is 0 Å². The molecule has 4 nitrogen and oxygen atoms in total. The number of nitrogens with one attached hydrogen (secondary N) is 1. The van der Waals surface area contributed by atoms with E-state index < -0.39 is 0 Å². The van der Waals surface area contributed by atoms with Crippen LogP contribution in [0.3, 0.4) is 0 Å². The molecule has 0 spiro atoms. The van der Waals surface area contributed by atoms with Crippen LogP contribution >= 0.6 is 24.4 Å². The van der Waals surface area contributed by atoms with Crippen molar-refractivity contribution in [3.8, 4) is 11.4 Å². The molecule has 0 bridgehead atoms. The molecule has 2 aromatic heterocycles. The smallest absolute Gasteiger partial charge is 0.187 e. The van der Waals surface area contributed by atoms with Gasteiger partial charge >= 0.3 is 0 Å². The Morgan fingerprint density at radius 2 is 2.12 bits per heavy atom. The first-order valence-electron chi connectivity index (χ1n) is 5.25. The van der Waals surface area contributed by atoms with Gasteiger partial charge in [-0.3, -0.25) is 0 Å². The Balaban J connectivity index is 0.000000686. The van der Waals surface area contributed by atoms with Gasteiger partial charge in [-0.2, -0.15) is 0 Å². The fraction of sp³-hybridized carbons (Fsp3) is 0.273. The number of nitrogens with two attached hydrogens (primary N) is 1. The SMILES string of the molecule is CC.CSc1nccc(-c2cc(N)c(S)[nH]2)n1. The summed E-state index contributed by atoms with van der Waals surface area (Å²) in [5.74, 6) is 0. The Bertz CT molecular complexity index is 463. The zero-order chi connectivity index (χ0) is 12.8. The molecule has 2 rings (SSSR count). The number of anilines is 1. The van der Waals surface area contributed by atoms with Crippen LogP contribution in [0.5, 0.6) is 0 Å². The molecule has 2 heterocycles. The second-order valence-corrected chi connectivity index (χ2v) is 4.14. The van der Waals surface area contributed by atoms with Gasteiger partial charge in [0.25, 0.3) is 0 Å². The molecule has 0 aliphatic heterocycles. The van der Waals surface area contributed by atoms with Crippen molar-refractivity contribution >= 4 is 30.1 Å². The first kappa shape index (κ1) is 13.9. The van der Waals surface area contributed by atoms with E-state index in [0.717, 1.165) is 16.5 Å². The molecule has 0 aliphatic carbocycles. The van der Waals surface area contributed by atoms with Crippen molar-refractivity contribution in [2.24, 2.45) is 0 Å². The second-order valence-electron chi connectivity index (χ2n) is 2.92. The molecule has 0 aliphatic rings. The Labute approximate surface area is 111 Å². The third kappa shape index (κ3) is 3.41. The summed E-state index contributed by atoms with van der Waals surface area (Å²) >= 11 is 5.69. The molecule has 0 atom stereocenters. The van der Waals surface area contributed by atoms with Gasteiger partial charge in [0.15, 0.2) is 5.16 Å². The molecule has 3 N–H and O–H groups in total. The number of aromatic nitrogens is 3. The average molecular weight is 268 g/mol. The third-order valence-electron chi connectivity index (χ3n) is 1.92. The molecule has 2 aromatic rings. The fourth-order valence-electron chi connectivity index (χ4n) is 1.19. The maximum Gasteiger partial charge on any atom is 0.187 e. The highest BCUT2D eigenvalue weighted by Gasteiger charge is 2.06. The average Bonchev–Trinajstić information content (AvgIpc) is 2.72. The van der Waals surface area contributed by atoms with Gasteiger partial charge in [0, 0.05) is 6.20 Å². The monoisotopic (exact) mass is 268 g/mol. The number of thioether (sulfide) groups is 1. The summed E-state index contributed by atoms with van der Waals surface area (Å²) in [5.41, 5.74) is 7.99. The van der Waals surface area contributed by atoms with E-state index in [1.807, 2.05) is 32.2 Å². The van der Waals surface area contributed by atoms with Crippen molar-refractivity contribution in [2.75, 3.05) is 12.0 Å². The largest absolute Gasteiger partial charge is 0.397 e. The van der Waals surface area contributed by atoms with Gasteiger partial charge in [-0.15, -0.1) is 12.6 Å². The zero-order valence-corrected chi connectivity index (χ0v) is 11.8. The van der Waals surface area contributed by atoms with Crippen LogP contribution in [0.15, 0.2) is 28.5 Å². The van der Waals surface area contributed by atoms with Crippen LogP contribution in [0.25, 0.3) is 11.4 Å². The summed E-state index contributed by atoms with van der Waals surface area (Å²) in [5, 5.41) is 1.40. The Hall–Kier alpha value is -1.14. The quantitative estimate of drug-likeness (QED) is 0.445. The highest BCUT2D eigenvalue weighted by molar-refractivity contribution is 7.98. The molecular weight excluding hydrogens is 252 g/mol. The molecule has 0 amide bonds. The molecule has 0 saturated heterocycles. The normalized spacial score (nSPS) is 9.65. The summed E-state index contributed by atoms with van der Waals surface area (Å²) in [6, 6.07) is 3.65. The standard InChI is InChI=1S/C9H10N4S2.C2H6/c1-15-9-11-3-2-6(13-9)7-4-5(10)8(14)12-7;1-2/h2-4,12,14H,10H2,1H3;1-2H3. The van der Waals surface area contributed by atoms with Gasteiger partial charge in [0.05, 0.1) is 22.1 Å². The lowest BCUT2D eigenvalue weighted by atomic mass is 10.3. The fourth-order valence-corrected chi connectivity index (χ4v) is 1.73. The predicted molar refractivity (Wildman–Crippen MR) is 76.6 cm³/mol. The maximum atomic E-state index is 5.69. The van der Waals surface area contributed by atoms with E-state index >= 15 is 0 Å². The Morgan fingerprint density at radius 3 is 2.65 bits per heavy atom. The highest BCUT2D eigenvalue weighted by atomic mass is 32.2. The van der Waals surface area contributed by atoms with Gasteiger partial charge in [-0.05, 0) is 18.4 Å². The number of hydrogen-bond acceptors (Lipinski definition) is 5. The summed E-state index contributed by atoms with van der Waals surface area (Å²) in [6.45, 7) is 4.00. The molecular formula is C11H16N4S2. The van der Waals surface area contributed by atoms with Gasteiger partial charge in [-0.25, -0.2) is 9.97 Å². The van der Waals surface area contributed by atoms with Crippen LogP contribution in [-0.2, 0) is 0 Å². The minimum Gasteiger partial charge on any atom is -0.397 e. The van der Waals surface area contributed by atoms with Crippen molar-refractivity contribution < 1.29 is 0 Å². The second kappa shape index (κ2) is 6.56. The van der Waals surface area contributed by atoms with Crippen molar-refractivity contribution in [2.45, 2.75) is 24.0 Å². The minimum atomic E-state index is 0.623. The van der Waals surface area contributed by atoms with Crippen LogP contribution in [0.4, 0.5) is 5.69 Å². The number of nitrogen functional groups attached to an aromatic ring is 1. The topological polar surface area (TPSA) is 67.6 Å². The number of hydrogen-bond donors (Lipinski definition) is 3. The van der Waals surface area contributed by atoms with Crippen molar-refractivity contribution in [3.63, 3.8) is 0 Å². The van der Waals surface area contributed by atoms with Crippen molar-refractivity contribution in [3.05, 3.63) is 18.3 Å². The first-order chi connectivity index (χ1) is 8.20. The molecule has 0 unspecified atom stereocenters. The predicted octanol–water partition coefficient (Wildman–Crippen LogP) is 3.09. The van der Waals surface area contributed by atoms with Gasteiger partial charge in [-0.1, -0.05) is 25.6 Å². The lowest BCUT2D eigenvalue weighted by molar-refractivity contribution is 0.970. The van der Waals surface area contributed by atoms with Crippen LogP contribution < -0.4 is 5.73 Å². The van der Waals surface area contributed by atoms with Crippen LogP contribution in [0.2, 0.25) is 0 Å². The van der Waals surface area contributed by atoms with Crippen LogP contribution in [-0.4, -0.2) is 21.2 Å². The molecule has 0 radical (unpaired) electrons. The maximum absolute atomic E-state index is 5.69. The highest BCUT2D eigenvalue weighted by Crippen LogP contribution is 2.24. The van der Waals surface area contributed by atoms with Gasteiger partial charge < -0.3 is 10.7 Å². The van der Waals surface area contributed by atoms with Crippen LogP contribution in [0.1, 0.15) is 13.8 Å². The number of H-pyrrole nitrogens is 1. The Morgan fingerprint density at radius 1 is 1.41 bits per heavy atom. The molecule has 0 fully saturated rings. The lowest BCUT2D eigenvalue weighted by Crippen LogP contribution is -1.88. The van der Waals surface area contributed by atoms with Crippen LogP contribution in [0, 0.1) is 0 Å². The van der Waals surface area contributed by atoms with E-state index in [9.17, 15) is 0 Å². The summed E-state index contributed by atoms with van der Waals surface area (Å²) < 4.78 is 0. The molecule has 17 heavy (non-hydrogen) atoms. The molecule has 6 heteroatoms. The third-order valence-corrected chi connectivity index (χ3v) is 2.85. The van der Waals surface area contributed by atoms with E-state index in [4.69, 9.17) is 5.73 Å². The summed E-state index contributed by atoms with van der Waals surface area (Å²) in [6.07, 6.45) is 3.66. The summed E-state index contributed by atoms with van der Waals surface area (Å²) in [4.78, 5) is 11.5. The Kier molecular flexibility index (Phi) is 5.37. The number of aromatic amines is 1. The van der Waals surface area contributed by atoms with Gasteiger partial charge in [0.1, 0.15) is 0 Å². The summed E-state index contributed by atoms with van der Waals surface area (Å²) in [7, 11) is 0. The van der Waals surface area contributed by atoms with E-state index in [1.165, 1.54) is 11.8 Å². The van der Waals surface area contributed by atoms with Gasteiger partial charge in [0.2, 0.25) is 0 Å². The lowest BCUT2D eigenvalue weighted by Gasteiger charge is -1.98. The van der Waals surface area contributed by atoms with E-state index in [2.05, 4.69) is 27.6 Å². The van der Waals surface area contributed by atoms with E-state index in [1.54, 1.807) is 6.20 Å². The first-order valence-corrected chi connectivity index (χ1v) is 6.92. The zero-order valence-electron chi connectivity index (χ0n) is 10.1. The minimum absolute atomic E-state index is 0.623.